The van der Waals surface area contributed by atoms with Crippen LogP contribution in [-0.4, -0.2) is 17.2 Å². The van der Waals surface area contributed by atoms with E-state index in [1.165, 1.54) is 0 Å². The number of carbonyl (C=O) groups is 1. The Balaban J connectivity index is 2.28. The maximum Gasteiger partial charge on any atom is 0.306 e. The number of carboxylic acids is 1. The molecule has 0 spiro atoms. The zero-order chi connectivity index (χ0) is 8.27. The molecule has 0 bridgehead atoms. The van der Waals surface area contributed by atoms with Crippen molar-refractivity contribution in [1.82, 2.24) is 0 Å². The zero-order valence-electron chi connectivity index (χ0n) is 6.42. The molecule has 0 aromatic carbocycles. The number of hydrogen-bond acceptors (Lipinski definition) is 1. The van der Waals surface area contributed by atoms with E-state index in [-0.39, 0.29) is 12.3 Å². The Morgan fingerprint density at radius 2 is 2.09 bits per heavy atom. The molecule has 1 rings (SSSR count). The van der Waals surface area contributed by atoms with Gasteiger partial charge in [0.15, 0.2) is 0 Å². The summed E-state index contributed by atoms with van der Waals surface area (Å²) >= 11 is 0. The van der Waals surface area contributed by atoms with E-state index in [9.17, 15) is 9.18 Å². The summed E-state index contributed by atoms with van der Waals surface area (Å²) in [6.45, 7) is 0. The molecule has 0 radical (unpaired) electrons. The SMILES string of the molecule is O=C(O)CC(F)C1CCCC1. The highest BCUT2D eigenvalue weighted by Crippen LogP contribution is 2.30. The van der Waals surface area contributed by atoms with Gasteiger partial charge in [-0.2, -0.15) is 0 Å². The lowest BCUT2D eigenvalue weighted by Crippen LogP contribution is -2.16. The van der Waals surface area contributed by atoms with Gasteiger partial charge in [-0.3, -0.25) is 4.79 Å². The summed E-state index contributed by atoms with van der Waals surface area (Å²) in [6, 6.07) is 0. The molecule has 1 N–H and O–H groups in total. The van der Waals surface area contributed by atoms with Crippen molar-refractivity contribution in [3.8, 4) is 0 Å². The first-order valence-electron chi connectivity index (χ1n) is 4.06. The summed E-state index contributed by atoms with van der Waals surface area (Å²) in [5.74, 6) is -1.00. The van der Waals surface area contributed by atoms with E-state index in [0.29, 0.717) is 0 Å². The molecule has 1 atom stereocenters. The van der Waals surface area contributed by atoms with Crippen LogP contribution >= 0.6 is 0 Å². The van der Waals surface area contributed by atoms with Gasteiger partial charge in [0.25, 0.3) is 0 Å². The first-order chi connectivity index (χ1) is 5.20. The topological polar surface area (TPSA) is 37.3 Å². The van der Waals surface area contributed by atoms with Crippen LogP contribution in [0.5, 0.6) is 0 Å². The molecular formula is C8H13FO2. The van der Waals surface area contributed by atoms with Crippen molar-refractivity contribution in [2.45, 2.75) is 38.3 Å². The molecule has 3 heteroatoms. The van der Waals surface area contributed by atoms with Crippen LogP contribution in [-0.2, 0) is 4.79 Å². The molecule has 11 heavy (non-hydrogen) atoms. The monoisotopic (exact) mass is 160 g/mol. The molecule has 0 saturated heterocycles. The van der Waals surface area contributed by atoms with Crippen molar-refractivity contribution in [2.24, 2.45) is 5.92 Å². The van der Waals surface area contributed by atoms with Crippen LogP contribution < -0.4 is 0 Å². The average Bonchev–Trinajstić information content (AvgIpc) is 2.35. The van der Waals surface area contributed by atoms with Gasteiger partial charge in [0, 0.05) is 0 Å². The molecule has 0 aliphatic heterocycles. The van der Waals surface area contributed by atoms with Crippen molar-refractivity contribution < 1.29 is 14.3 Å². The average molecular weight is 160 g/mol. The highest BCUT2D eigenvalue weighted by Gasteiger charge is 2.26. The Kier molecular flexibility index (Phi) is 2.85. The van der Waals surface area contributed by atoms with E-state index in [4.69, 9.17) is 5.11 Å². The first-order valence-corrected chi connectivity index (χ1v) is 4.06. The van der Waals surface area contributed by atoms with E-state index in [1.54, 1.807) is 0 Å². The number of hydrogen-bond donors (Lipinski definition) is 1. The van der Waals surface area contributed by atoms with Crippen LogP contribution in [0.4, 0.5) is 4.39 Å². The van der Waals surface area contributed by atoms with E-state index >= 15 is 0 Å². The van der Waals surface area contributed by atoms with E-state index in [2.05, 4.69) is 0 Å². The summed E-state index contributed by atoms with van der Waals surface area (Å²) in [5, 5.41) is 8.30. The zero-order valence-corrected chi connectivity index (χ0v) is 6.42. The Morgan fingerprint density at radius 3 is 2.55 bits per heavy atom. The lowest BCUT2D eigenvalue weighted by molar-refractivity contribution is -0.138. The fourth-order valence-electron chi connectivity index (χ4n) is 1.65. The quantitative estimate of drug-likeness (QED) is 0.685. The minimum atomic E-state index is -1.12. The second-order valence-corrected chi connectivity index (χ2v) is 3.16. The highest BCUT2D eigenvalue weighted by molar-refractivity contribution is 5.67. The number of aliphatic carboxylic acids is 1. The molecular weight excluding hydrogens is 147 g/mol. The van der Waals surface area contributed by atoms with Gasteiger partial charge in [0.1, 0.15) is 6.17 Å². The van der Waals surface area contributed by atoms with Gasteiger partial charge >= 0.3 is 5.97 Å². The van der Waals surface area contributed by atoms with E-state index in [0.717, 1.165) is 25.7 Å². The largest absolute Gasteiger partial charge is 0.481 e. The predicted molar refractivity (Wildman–Crippen MR) is 39.1 cm³/mol. The Hall–Kier alpha value is -0.600. The second-order valence-electron chi connectivity index (χ2n) is 3.16. The Morgan fingerprint density at radius 1 is 1.55 bits per heavy atom. The lowest BCUT2D eigenvalue weighted by atomic mass is 10.00. The third-order valence-electron chi connectivity index (χ3n) is 2.28. The molecule has 1 saturated carbocycles. The molecule has 0 aromatic heterocycles. The molecule has 64 valence electrons. The highest BCUT2D eigenvalue weighted by atomic mass is 19.1. The van der Waals surface area contributed by atoms with Crippen LogP contribution in [0.1, 0.15) is 32.1 Å². The third kappa shape index (κ3) is 2.48. The number of alkyl halides is 1. The Labute approximate surface area is 65.4 Å². The van der Waals surface area contributed by atoms with Crippen molar-refractivity contribution in [3.05, 3.63) is 0 Å². The van der Waals surface area contributed by atoms with Gasteiger partial charge in [-0.05, 0) is 18.8 Å². The fraction of sp³-hybridized carbons (Fsp3) is 0.875. The fourth-order valence-corrected chi connectivity index (χ4v) is 1.65. The van der Waals surface area contributed by atoms with Crippen molar-refractivity contribution in [2.75, 3.05) is 0 Å². The van der Waals surface area contributed by atoms with Gasteiger partial charge in [-0.1, -0.05) is 12.8 Å². The molecule has 0 heterocycles. The van der Waals surface area contributed by atoms with Crippen molar-refractivity contribution in [1.29, 1.82) is 0 Å². The minimum Gasteiger partial charge on any atom is -0.481 e. The summed E-state index contributed by atoms with van der Waals surface area (Å²) < 4.78 is 13.0. The van der Waals surface area contributed by atoms with Gasteiger partial charge in [0.05, 0.1) is 6.42 Å². The molecule has 2 nitrogen and oxygen atoms in total. The molecule has 1 aliphatic rings. The number of rotatable bonds is 3. The van der Waals surface area contributed by atoms with E-state index < -0.39 is 12.1 Å². The predicted octanol–water partition coefficient (Wildman–Crippen LogP) is 1.99. The lowest BCUT2D eigenvalue weighted by Gasteiger charge is -2.11. The van der Waals surface area contributed by atoms with Gasteiger partial charge in [-0.25, -0.2) is 4.39 Å². The molecule has 1 fully saturated rings. The van der Waals surface area contributed by atoms with Gasteiger partial charge in [0.2, 0.25) is 0 Å². The number of halogens is 1. The first kappa shape index (κ1) is 8.50. The molecule has 1 aliphatic carbocycles. The number of carboxylic acid groups (broad SMARTS) is 1. The van der Waals surface area contributed by atoms with Crippen molar-refractivity contribution >= 4 is 5.97 Å². The molecule has 1 unspecified atom stereocenters. The third-order valence-corrected chi connectivity index (χ3v) is 2.28. The standard InChI is InChI=1S/C8H13FO2/c9-7(5-8(10)11)6-3-1-2-4-6/h6-7H,1-5H2,(H,10,11). The van der Waals surface area contributed by atoms with Gasteiger partial charge < -0.3 is 5.11 Å². The second kappa shape index (κ2) is 3.69. The summed E-state index contributed by atoms with van der Waals surface area (Å²) in [6.07, 6.45) is 2.43. The maximum atomic E-state index is 13.0. The van der Waals surface area contributed by atoms with Crippen LogP contribution in [0.2, 0.25) is 0 Å². The van der Waals surface area contributed by atoms with E-state index in [1.807, 2.05) is 0 Å². The normalized spacial score (nSPS) is 21.9. The summed E-state index contributed by atoms with van der Waals surface area (Å²) in [5.41, 5.74) is 0. The van der Waals surface area contributed by atoms with Gasteiger partial charge in [-0.15, -0.1) is 0 Å². The smallest absolute Gasteiger partial charge is 0.306 e. The van der Waals surface area contributed by atoms with Crippen LogP contribution in [0.3, 0.4) is 0 Å². The summed E-state index contributed by atoms with van der Waals surface area (Å²) in [7, 11) is 0. The van der Waals surface area contributed by atoms with Crippen LogP contribution in [0.15, 0.2) is 0 Å². The van der Waals surface area contributed by atoms with Crippen LogP contribution in [0, 0.1) is 5.92 Å². The molecule has 0 aromatic rings. The van der Waals surface area contributed by atoms with Crippen molar-refractivity contribution in [3.63, 3.8) is 0 Å². The Bertz CT molecular complexity index is 141. The minimum absolute atomic E-state index is 0.0195. The summed E-state index contributed by atoms with van der Waals surface area (Å²) in [4.78, 5) is 10.1. The van der Waals surface area contributed by atoms with Crippen LogP contribution in [0.25, 0.3) is 0 Å². The molecule has 0 amide bonds. The maximum absolute atomic E-state index is 13.0.